The van der Waals surface area contributed by atoms with Gasteiger partial charge in [-0.25, -0.2) is 0 Å². The number of nitrogens with one attached hydrogen (secondary N) is 1. The number of unbranched alkanes of at least 4 members (excludes halogenated alkanes) is 2. The van der Waals surface area contributed by atoms with Crippen LogP contribution in [0.3, 0.4) is 0 Å². The number of imide groups is 1. The Hall–Kier alpha value is -1.41. The van der Waals surface area contributed by atoms with Crippen LogP contribution in [0.15, 0.2) is 24.3 Å². The zero-order valence-electron chi connectivity index (χ0n) is 16.9. The molecule has 0 unspecified atom stereocenters. The van der Waals surface area contributed by atoms with E-state index < -0.39 is 0 Å². The van der Waals surface area contributed by atoms with Gasteiger partial charge in [0.15, 0.2) is 0 Å². The minimum Gasteiger partial charge on any atom is -0.497 e. The van der Waals surface area contributed by atoms with E-state index in [-0.39, 0.29) is 51.0 Å². The van der Waals surface area contributed by atoms with Crippen molar-refractivity contribution < 1.29 is 19.1 Å². The van der Waals surface area contributed by atoms with Crippen LogP contribution < -0.4 is 10.1 Å². The van der Waals surface area contributed by atoms with E-state index in [4.69, 9.17) is 4.74 Å². The monoisotopic (exact) mass is 540 g/mol. The van der Waals surface area contributed by atoms with Gasteiger partial charge in [0.1, 0.15) is 5.75 Å². The maximum absolute atomic E-state index is 12.9. The number of carbonyl (C=O) groups is 3. The number of likely N-dealkylation sites (tertiary alicyclic amines) is 1. The van der Waals surface area contributed by atoms with Crippen molar-refractivity contribution in [3.8, 4) is 5.75 Å². The van der Waals surface area contributed by atoms with E-state index in [2.05, 4.69) is 37.2 Å². The van der Waals surface area contributed by atoms with Crippen molar-refractivity contribution in [2.45, 2.75) is 41.8 Å². The van der Waals surface area contributed by atoms with E-state index in [0.29, 0.717) is 13.0 Å². The molecule has 4 rings (SSSR count). The summed E-state index contributed by atoms with van der Waals surface area (Å²) >= 11 is 7.42. The summed E-state index contributed by atoms with van der Waals surface area (Å²) in [6.07, 6.45) is 3.63. The van der Waals surface area contributed by atoms with Gasteiger partial charge in [-0.2, -0.15) is 0 Å². The van der Waals surface area contributed by atoms with E-state index in [1.165, 1.54) is 4.90 Å². The lowest BCUT2D eigenvalue weighted by atomic mass is 9.81. The Morgan fingerprint density at radius 3 is 2.20 bits per heavy atom. The summed E-state index contributed by atoms with van der Waals surface area (Å²) in [5, 5.41) is 2.87. The number of rotatable bonds is 8. The van der Waals surface area contributed by atoms with Crippen molar-refractivity contribution in [3.63, 3.8) is 0 Å². The fourth-order valence-corrected chi connectivity index (χ4v) is 7.13. The van der Waals surface area contributed by atoms with Gasteiger partial charge in [0.2, 0.25) is 17.7 Å². The highest BCUT2D eigenvalue weighted by Gasteiger charge is 2.66. The lowest BCUT2D eigenvalue weighted by Gasteiger charge is -2.28. The molecule has 2 saturated carbocycles. The smallest absolute Gasteiger partial charge is 0.233 e. The van der Waals surface area contributed by atoms with Crippen LogP contribution in [0.1, 0.15) is 32.1 Å². The number of hydrogen-bond acceptors (Lipinski definition) is 4. The first kappa shape index (κ1) is 21.8. The van der Waals surface area contributed by atoms with Gasteiger partial charge in [-0.1, -0.05) is 38.3 Å². The molecule has 3 aliphatic rings. The highest BCUT2D eigenvalue weighted by molar-refractivity contribution is 9.12. The summed E-state index contributed by atoms with van der Waals surface area (Å²) in [4.78, 5) is 39.8. The highest BCUT2D eigenvalue weighted by Crippen LogP contribution is 2.60. The molecule has 1 aromatic rings. The highest BCUT2D eigenvalue weighted by atomic mass is 79.9. The molecule has 6 nitrogen and oxygen atoms in total. The van der Waals surface area contributed by atoms with E-state index in [1.807, 2.05) is 0 Å². The summed E-state index contributed by atoms with van der Waals surface area (Å²) in [5.74, 6) is 0.963. The van der Waals surface area contributed by atoms with Gasteiger partial charge >= 0.3 is 0 Å². The third-order valence-electron chi connectivity index (χ3n) is 6.74. The first-order chi connectivity index (χ1) is 14.4. The molecule has 0 radical (unpaired) electrons. The predicted octanol–water partition coefficient (Wildman–Crippen LogP) is 3.97. The number of carbonyl (C=O) groups excluding carboxylic acids is 3. The Morgan fingerprint density at radius 1 is 1.03 bits per heavy atom. The fraction of sp³-hybridized carbons (Fsp3) is 0.591. The summed E-state index contributed by atoms with van der Waals surface area (Å²) in [6.45, 7) is 0.462. The fourth-order valence-electron chi connectivity index (χ4n) is 5.26. The van der Waals surface area contributed by atoms with Crippen LogP contribution in [0.2, 0.25) is 0 Å². The van der Waals surface area contributed by atoms with Crippen LogP contribution in [0.4, 0.5) is 5.69 Å². The quantitative estimate of drug-likeness (QED) is 0.307. The number of methoxy groups -OCH3 is 1. The lowest BCUT2D eigenvalue weighted by molar-refractivity contribution is -0.140. The van der Waals surface area contributed by atoms with Crippen molar-refractivity contribution in [3.05, 3.63) is 24.3 Å². The maximum Gasteiger partial charge on any atom is 0.233 e. The number of benzene rings is 1. The van der Waals surface area contributed by atoms with E-state index in [1.54, 1.807) is 31.4 Å². The number of alkyl halides is 2. The van der Waals surface area contributed by atoms with Crippen LogP contribution in [0.5, 0.6) is 5.75 Å². The second-order valence-electron chi connectivity index (χ2n) is 8.42. The Labute approximate surface area is 193 Å². The molecule has 1 aromatic carbocycles. The van der Waals surface area contributed by atoms with Gasteiger partial charge in [-0.05, 0) is 55.4 Å². The molecule has 6 atom stereocenters. The largest absolute Gasteiger partial charge is 0.497 e. The average molecular weight is 542 g/mol. The SMILES string of the molecule is COc1ccc(NC(=O)CCCCCN2C(=O)[C@H]3[C@H]4C[C@@H]([C@@H](Br)[C@@H]4Br)[C@@H]3C2=O)cc1. The van der Waals surface area contributed by atoms with Gasteiger partial charge in [0.05, 0.1) is 18.9 Å². The molecule has 1 saturated heterocycles. The van der Waals surface area contributed by atoms with Crippen molar-refractivity contribution >= 4 is 55.3 Å². The molecular weight excluding hydrogens is 516 g/mol. The minimum absolute atomic E-state index is 0.0126. The summed E-state index contributed by atoms with van der Waals surface area (Å²) in [6, 6.07) is 7.22. The van der Waals surface area contributed by atoms with E-state index in [9.17, 15) is 14.4 Å². The average Bonchev–Trinajstić information content (AvgIpc) is 3.34. The van der Waals surface area contributed by atoms with Crippen LogP contribution in [0, 0.1) is 23.7 Å². The Bertz CT molecular complexity index is 799. The van der Waals surface area contributed by atoms with Crippen LogP contribution in [0.25, 0.3) is 0 Å². The van der Waals surface area contributed by atoms with E-state index in [0.717, 1.165) is 37.1 Å². The maximum atomic E-state index is 12.9. The number of ether oxygens (including phenoxy) is 1. The van der Waals surface area contributed by atoms with Crippen molar-refractivity contribution in [2.24, 2.45) is 23.7 Å². The normalized spacial score (nSPS) is 31.9. The molecule has 3 amide bonds. The molecule has 2 aliphatic carbocycles. The Balaban J connectivity index is 1.19. The number of halogens is 2. The number of nitrogens with zero attached hydrogens (tertiary/aromatic N) is 1. The molecule has 1 aliphatic heterocycles. The molecule has 2 bridgehead atoms. The number of anilines is 1. The zero-order chi connectivity index (χ0) is 21.4. The second-order valence-corrected chi connectivity index (χ2v) is 10.5. The summed E-state index contributed by atoms with van der Waals surface area (Å²) in [5.41, 5.74) is 0.741. The molecule has 0 spiro atoms. The van der Waals surface area contributed by atoms with Gasteiger partial charge in [0, 0.05) is 28.3 Å². The first-order valence-electron chi connectivity index (χ1n) is 10.5. The molecule has 30 heavy (non-hydrogen) atoms. The van der Waals surface area contributed by atoms with Crippen LogP contribution in [-0.4, -0.2) is 45.9 Å². The zero-order valence-corrected chi connectivity index (χ0v) is 20.0. The molecule has 1 N–H and O–H groups in total. The van der Waals surface area contributed by atoms with Crippen LogP contribution >= 0.6 is 31.9 Å². The molecule has 3 fully saturated rings. The van der Waals surface area contributed by atoms with Gasteiger partial charge in [0.25, 0.3) is 0 Å². The number of hydrogen-bond donors (Lipinski definition) is 1. The minimum atomic E-state index is -0.143. The van der Waals surface area contributed by atoms with Crippen molar-refractivity contribution in [1.82, 2.24) is 4.90 Å². The first-order valence-corrected chi connectivity index (χ1v) is 12.3. The molecule has 1 heterocycles. The summed E-state index contributed by atoms with van der Waals surface area (Å²) < 4.78 is 5.10. The van der Waals surface area contributed by atoms with Crippen molar-refractivity contribution in [2.75, 3.05) is 19.0 Å². The van der Waals surface area contributed by atoms with Gasteiger partial charge in [-0.15, -0.1) is 0 Å². The third-order valence-corrected chi connectivity index (χ3v) is 9.94. The molecule has 162 valence electrons. The topological polar surface area (TPSA) is 75.7 Å². The molecule has 0 aromatic heterocycles. The van der Waals surface area contributed by atoms with Gasteiger partial charge < -0.3 is 10.1 Å². The van der Waals surface area contributed by atoms with Crippen LogP contribution in [-0.2, 0) is 14.4 Å². The molecular formula is C22H26Br2N2O4. The number of fused-ring (bicyclic) bond motifs is 5. The van der Waals surface area contributed by atoms with Gasteiger partial charge in [-0.3, -0.25) is 19.3 Å². The summed E-state index contributed by atoms with van der Waals surface area (Å²) in [7, 11) is 1.60. The third kappa shape index (κ3) is 3.93. The second kappa shape index (κ2) is 8.99. The van der Waals surface area contributed by atoms with E-state index >= 15 is 0 Å². The predicted molar refractivity (Wildman–Crippen MR) is 121 cm³/mol. The Morgan fingerprint density at radius 2 is 1.63 bits per heavy atom. The Kier molecular flexibility index (Phi) is 6.53. The van der Waals surface area contributed by atoms with Crippen molar-refractivity contribution in [1.29, 1.82) is 0 Å². The lowest BCUT2D eigenvalue weighted by Crippen LogP contribution is -2.37. The standard InChI is InChI=1S/C22H26Br2N2O4/c1-30-13-8-6-12(7-9-13)25-16(27)5-3-2-4-10-26-21(28)17-14-11-15(18(17)22(26)29)20(24)19(14)23/h6-9,14-15,17-20H,2-5,10-11H2,1H3,(H,25,27)/t14-,15-,17+,18+,19-,20-/m1/s1. The molecule has 8 heteroatoms. The number of amides is 3.